The maximum atomic E-state index is 5.63. The first-order valence-electron chi connectivity index (χ1n) is 5.84. The average Bonchev–Trinajstić information content (AvgIpc) is 2.31. The first-order chi connectivity index (χ1) is 7.83. The Hall–Kier alpha value is -1.06. The highest BCUT2D eigenvalue weighted by molar-refractivity contribution is 5.20. The van der Waals surface area contributed by atoms with Crippen molar-refractivity contribution >= 4 is 0 Å². The number of ether oxygens (including phenoxy) is 1. The second-order valence-electron chi connectivity index (χ2n) is 3.92. The maximum Gasteiger partial charge on any atom is 0.119 e. The standard InChI is InChI=1S/C13H22N2O/c1-14-9-6-10-15(2)11-12-16-13-7-4-3-5-8-13/h3-5,7-8,14H,6,9-12H2,1-2H3. The minimum atomic E-state index is 0.750. The highest BCUT2D eigenvalue weighted by Crippen LogP contribution is 2.07. The van der Waals surface area contributed by atoms with E-state index < -0.39 is 0 Å². The van der Waals surface area contributed by atoms with Crippen LogP contribution in [-0.4, -0.2) is 45.2 Å². The van der Waals surface area contributed by atoms with E-state index in [1.807, 2.05) is 37.4 Å². The molecule has 0 atom stereocenters. The predicted molar refractivity (Wildman–Crippen MR) is 68.0 cm³/mol. The van der Waals surface area contributed by atoms with E-state index in [2.05, 4.69) is 17.3 Å². The molecule has 0 aromatic heterocycles. The van der Waals surface area contributed by atoms with E-state index in [0.717, 1.165) is 32.0 Å². The van der Waals surface area contributed by atoms with Crippen LogP contribution in [0.5, 0.6) is 5.75 Å². The summed E-state index contributed by atoms with van der Waals surface area (Å²) < 4.78 is 5.63. The Balaban J connectivity index is 2.06. The molecule has 0 bridgehead atoms. The minimum absolute atomic E-state index is 0.750. The van der Waals surface area contributed by atoms with Crippen LogP contribution in [0.2, 0.25) is 0 Å². The number of hydrogen-bond donors (Lipinski definition) is 1. The van der Waals surface area contributed by atoms with Gasteiger partial charge in [-0.3, -0.25) is 0 Å². The fraction of sp³-hybridized carbons (Fsp3) is 0.538. The Morgan fingerprint density at radius 1 is 1.19 bits per heavy atom. The summed E-state index contributed by atoms with van der Waals surface area (Å²) in [5, 5.41) is 3.15. The SMILES string of the molecule is CNCCCN(C)CCOc1ccccc1. The van der Waals surface area contributed by atoms with Crippen LogP contribution >= 0.6 is 0 Å². The zero-order chi connectivity index (χ0) is 11.6. The zero-order valence-corrected chi connectivity index (χ0v) is 10.3. The van der Waals surface area contributed by atoms with E-state index in [1.165, 1.54) is 6.42 Å². The first kappa shape index (κ1) is 13.0. The summed E-state index contributed by atoms with van der Waals surface area (Å²) in [7, 11) is 4.11. The number of benzene rings is 1. The summed E-state index contributed by atoms with van der Waals surface area (Å²) in [6, 6.07) is 9.96. The van der Waals surface area contributed by atoms with E-state index in [9.17, 15) is 0 Å². The predicted octanol–water partition coefficient (Wildman–Crippen LogP) is 1.61. The number of likely N-dealkylation sites (N-methyl/N-ethyl adjacent to an activating group) is 1. The molecule has 0 amide bonds. The van der Waals surface area contributed by atoms with E-state index in [-0.39, 0.29) is 0 Å². The fourth-order valence-corrected chi connectivity index (χ4v) is 1.47. The van der Waals surface area contributed by atoms with Gasteiger partial charge < -0.3 is 15.0 Å². The van der Waals surface area contributed by atoms with Crippen molar-refractivity contribution in [1.82, 2.24) is 10.2 Å². The Morgan fingerprint density at radius 2 is 1.94 bits per heavy atom. The molecule has 0 unspecified atom stereocenters. The second kappa shape index (κ2) is 8.13. The molecule has 1 N–H and O–H groups in total. The van der Waals surface area contributed by atoms with Gasteiger partial charge in [-0.1, -0.05) is 18.2 Å². The van der Waals surface area contributed by atoms with Crippen LogP contribution < -0.4 is 10.1 Å². The lowest BCUT2D eigenvalue weighted by Crippen LogP contribution is -2.27. The lowest BCUT2D eigenvalue weighted by molar-refractivity contribution is 0.236. The van der Waals surface area contributed by atoms with Crippen molar-refractivity contribution in [1.29, 1.82) is 0 Å². The molecule has 0 saturated carbocycles. The Morgan fingerprint density at radius 3 is 2.62 bits per heavy atom. The minimum Gasteiger partial charge on any atom is -0.492 e. The van der Waals surface area contributed by atoms with Crippen molar-refractivity contribution in [3.05, 3.63) is 30.3 Å². The Kier molecular flexibility index (Phi) is 6.61. The molecule has 0 spiro atoms. The van der Waals surface area contributed by atoms with Gasteiger partial charge in [0.1, 0.15) is 12.4 Å². The molecule has 0 radical (unpaired) electrons. The smallest absolute Gasteiger partial charge is 0.119 e. The summed E-state index contributed by atoms with van der Waals surface area (Å²) in [6.07, 6.45) is 1.18. The van der Waals surface area contributed by atoms with Gasteiger partial charge >= 0.3 is 0 Å². The monoisotopic (exact) mass is 222 g/mol. The van der Waals surface area contributed by atoms with Crippen molar-refractivity contribution in [3.63, 3.8) is 0 Å². The summed E-state index contributed by atoms with van der Waals surface area (Å²) >= 11 is 0. The third kappa shape index (κ3) is 5.73. The molecule has 90 valence electrons. The number of rotatable bonds is 8. The average molecular weight is 222 g/mol. The molecule has 1 aromatic carbocycles. The van der Waals surface area contributed by atoms with Crippen molar-refractivity contribution in [2.45, 2.75) is 6.42 Å². The molecule has 1 rings (SSSR count). The molecule has 0 fully saturated rings. The van der Waals surface area contributed by atoms with Gasteiger partial charge in [-0.25, -0.2) is 0 Å². The van der Waals surface area contributed by atoms with E-state index in [1.54, 1.807) is 0 Å². The second-order valence-corrected chi connectivity index (χ2v) is 3.92. The first-order valence-corrected chi connectivity index (χ1v) is 5.84. The zero-order valence-electron chi connectivity index (χ0n) is 10.3. The quantitative estimate of drug-likeness (QED) is 0.676. The number of nitrogens with zero attached hydrogens (tertiary/aromatic N) is 1. The lowest BCUT2D eigenvalue weighted by Gasteiger charge is -2.16. The molecular formula is C13H22N2O. The molecule has 0 aliphatic rings. The van der Waals surface area contributed by atoms with Crippen molar-refractivity contribution in [2.24, 2.45) is 0 Å². The van der Waals surface area contributed by atoms with Gasteiger partial charge in [-0.15, -0.1) is 0 Å². The van der Waals surface area contributed by atoms with Crippen LogP contribution in [0.25, 0.3) is 0 Å². The van der Waals surface area contributed by atoms with Crippen molar-refractivity contribution < 1.29 is 4.74 Å². The third-order valence-electron chi connectivity index (χ3n) is 2.45. The highest BCUT2D eigenvalue weighted by Gasteiger charge is 1.98. The van der Waals surface area contributed by atoms with E-state index in [4.69, 9.17) is 4.74 Å². The summed E-state index contributed by atoms with van der Waals surface area (Å²) in [4.78, 5) is 2.29. The van der Waals surface area contributed by atoms with Crippen LogP contribution in [0.15, 0.2) is 30.3 Å². The maximum absolute atomic E-state index is 5.63. The van der Waals surface area contributed by atoms with E-state index >= 15 is 0 Å². The van der Waals surface area contributed by atoms with Gasteiger partial charge in [0.15, 0.2) is 0 Å². The van der Waals surface area contributed by atoms with Crippen LogP contribution in [0.4, 0.5) is 0 Å². The Labute approximate surface area is 98.4 Å². The van der Waals surface area contributed by atoms with Crippen LogP contribution in [-0.2, 0) is 0 Å². The van der Waals surface area contributed by atoms with E-state index in [0.29, 0.717) is 0 Å². The van der Waals surface area contributed by atoms with Crippen LogP contribution in [0.3, 0.4) is 0 Å². The van der Waals surface area contributed by atoms with Crippen molar-refractivity contribution in [2.75, 3.05) is 40.3 Å². The Bertz CT molecular complexity index is 264. The summed E-state index contributed by atoms with van der Waals surface area (Å²) in [5.74, 6) is 0.950. The highest BCUT2D eigenvalue weighted by atomic mass is 16.5. The molecular weight excluding hydrogens is 200 g/mol. The summed E-state index contributed by atoms with van der Waals surface area (Å²) in [5.41, 5.74) is 0. The van der Waals surface area contributed by atoms with Gasteiger partial charge in [0, 0.05) is 6.54 Å². The van der Waals surface area contributed by atoms with Gasteiger partial charge in [0.05, 0.1) is 0 Å². The molecule has 1 aromatic rings. The number of para-hydroxylation sites is 1. The normalized spacial score (nSPS) is 10.7. The molecule has 0 aliphatic carbocycles. The third-order valence-corrected chi connectivity index (χ3v) is 2.45. The van der Waals surface area contributed by atoms with Gasteiger partial charge in [0.25, 0.3) is 0 Å². The van der Waals surface area contributed by atoms with Crippen LogP contribution in [0, 0.1) is 0 Å². The lowest BCUT2D eigenvalue weighted by atomic mass is 10.3. The van der Waals surface area contributed by atoms with Gasteiger partial charge in [-0.05, 0) is 45.7 Å². The largest absolute Gasteiger partial charge is 0.492 e. The molecule has 3 heteroatoms. The fourth-order valence-electron chi connectivity index (χ4n) is 1.47. The molecule has 0 aliphatic heterocycles. The molecule has 0 saturated heterocycles. The topological polar surface area (TPSA) is 24.5 Å². The number of nitrogens with one attached hydrogen (secondary N) is 1. The number of hydrogen-bond acceptors (Lipinski definition) is 3. The van der Waals surface area contributed by atoms with Gasteiger partial charge in [-0.2, -0.15) is 0 Å². The van der Waals surface area contributed by atoms with Gasteiger partial charge in [0.2, 0.25) is 0 Å². The molecule has 0 heterocycles. The van der Waals surface area contributed by atoms with Crippen molar-refractivity contribution in [3.8, 4) is 5.75 Å². The summed E-state index contributed by atoms with van der Waals surface area (Å²) in [6.45, 7) is 3.90. The van der Waals surface area contributed by atoms with Crippen LogP contribution in [0.1, 0.15) is 6.42 Å². The molecule has 16 heavy (non-hydrogen) atoms. The molecule has 3 nitrogen and oxygen atoms in total.